The Hall–Kier alpha value is -1.34. The van der Waals surface area contributed by atoms with Crippen molar-refractivity contribution < 1.29 is 4.79 Å². The van der Waals surface area contributed by atoms with Gasteiger partial charge in [0.25, 0.3) is 0 Å². The highest BCUT2D eigenvalue weighted by atomic mass is 31.0. The number of aromatic nitrogens is 1. The molecule has 1 N–H and O–H groups in total. The molecule has 3 unspecified atom stereocenters. The smallest absolute Gasteiger partial charge is 0.231 e. The Kier molecular flexibility index (Phi) is 2.90. The van der Waals surface area contributed by atoms with Crippen LogP contribution >= 0.6 is 9.39 Å². The van der Waals surface area contributed by atoms with Crippen LogP contribution in [0.1, 0.15) is 25.8 Å². The predicted molar refractivity (Wildman–Crippen MR) is 80.7 cm³/mol. The quantitative estimate of drug-likeness (QED) is 0.839. The van der Waals surface area contributed by atoms with E-state index in [9.17, 15) is 4.79 Å². The maximum Gasteiger partial charge on any atom is 0.231 e. The number of para-hydroxylation sites is 1. The molecule has 3 atom stereocenters. The van der Waals surface area contributed by atoms with E-state index >= 15 is 0 Å². The number of amides is 1. The van der Waals surface area contributed by atoms with Crippen LogP contribution in [0.4, 0.5) is 0 Å². The van der Waals surface area contributed by atoms with Gasteiger partial charge in [-0.1, -0.05) is 25.1 Å². The molecule has 2 heterocycles. The van der Waals surface area contributed by atoms with Crippen molar-refractivity contribution in [1.29, 1.82) is 0 Å². The van der Waals surface area contributed by atoms with Crippen molar-refractivity contribution in [2.45, 2.75) is 32.7 Å². The Bertz CT molecular complexity index is 636. The first-order chi connectivity index (χ1) is 9.01. The van der Waals surface area contributed by atoms with Crippen LogP contribution in [0.25, 0.3) is 10.9 Å². The summed E-state index contributed by atoms with van der Waals surface area (Å²) in [6.45, 7) is 4.18. The monoisotopic (exact) mass is 274 g/mol. The number of nitrogens with one attached hydrogen (secondary N) is 1. The number of nitrogens with zero attached hydrogens (tertiary/aromatic N) is 1. The minimum atomic E-state index is -0.286. The molecule has 1 fully saturated rings. The lowest BCUT2D eigenvalue weighted by molar-refractivity contribution is -0.131. The Labute approximate surface area is 115 Å². The van der Waals surface area contributed by atoms with E-state index in [1.807, 2.05) is 18.3 Å². The van der Waals surface area contributed by atoms with Gasteiger partial charge in [-0.25, -0.2) is 0 Å². The van der Waals surface area contributed by atoms with Crippen molar-refractivity contribution in [2.24, 2.45) is 5.41 Å². The normalized spacial score (nSPS) is 27.4. The van der Waals surface area contributed by atoms with E-state index in [2.05, 4.69) is 40.4 Å². The van der Waals surface area contributed by atoms with Gasteiger partial charge in [-0.15, -0.1) is 0 Å². The highest BCUT2D eigenvalue weighted by Gasteiger charge is 2.45. The zero-order valence-electron chi connectivity index (χ0n) is 11.3. The molecule has 1 saturated heterocycles. The Morgan fingerprint density at radius 3 is 2.89 bits per heavy atom. The predicted octanol–water partition coefficient (Wildman–Crippen LogP) is 3.13. The molecular formula is C15H19N2OP. The van der Waals surface area contributed by atoms with Crippen molar-refractivity contribution in [3.63, 3.8) is 0 Å². The fourth-order valence-corrected chi connectivity index (χ4v) is 3.61. The van der Waals surface area contributed by atoms with E-state index < -0.39 is 0 Å². The minimum Gasteiger partial charge on any atom is -0.361 e. The largest absolute Gasteiger partial charge is 0.361 e. The fourth-order valence-electron chi connectivity index (χ4n) is 3.20. The van der Waals surface area contributed by atoms with Crippen LogP contribution in [0.3, 0.4) is 0 Å². The number of H-pyrrole nitrogens is 1. The highest BCUT2D eigenvalue weighted by molar-refractivity contribution is 7.14. The van der Waals surface area contributed by atoms with Crippen LogP contribution in [0.5, 0.6) is 0 Å². The molecule has 3 nitrogen and oxygen atoms in total. The zero-order chi connectivity index (χ0) is 13.6. The van der Waals surface area contributed by atoms with Crippen molar-refractivity contribution >= 4 is 26.2 Å². The Morgan fingerprint density at radius 1 is 1.47 bits per heavy atom. The topological polar surface area (TPSA) is 36.1 Å². The summed E-state index contributed by atoms with van der Waals surface area (Å²) in [7, 11) is 2.56. The fraction of sp³-hybridized carbons (Fsp3) is 0.400. The van der Waals surface area contributed by atoms with Crippen LogP contribution in [-0.4, -0.2) is 21.6 Å². The number of fused-ring (bicyclic) bond motifs is 1. The molecule has 1 amide bonds. The van der Waals surface area contributed by atoms with E-state index in [4.69, 9.17) is 0 Å². The standard InChI is InChI=1S/C15H19N2OP/c1-10-7-15(2,14(18)17(10)19)8-11-9-16-13-6-4-3-5-12(11)13/h3-6,9-10,16H,7-8,19H2,1-2H3. The lowest BCUT2D eigenvalue weighted by Crippen LogP contribution is -2.29. The maximum absolute atomic E-state index is 12.4. The van der Waals surface area contributed by atoms with E-state index in [0.29, 0.717) is 6.04 Å². The molecular weight excluding hydrogens is 255 g/mol. The summed E-state index contributed by atoms with van der Waals surface area (Å²) in [5, 5.41) is 1.23. The number of aromatic amines is 1. The first-order valence-electron chi connectivity index (χ1n) is 6.65. The van der Waals surface area contributed by atoms with E-state index in [0.717, 1.165) is 18.4 Å². The number of benzene rings is 1. The van der Waals surface area contributed by atoms with Crippen LogP contribution in [0.2, 0.25) is 0 Å². The summed E-state index contributed by atoms with van der Waals surface area (Å²) in [4.78, 5) is 15.7. The van der Waals surface area contributed by atoms with Crippen molar-refractivity contribution in [1.82, 2.24) is 9.65 Å². The van der Waals surface area contributed by atoms with Crippen molar-refractivity contribution in [3.05, 3.63) is 36.0 Å². The van der Waals surface area contributed by atoms with Gasteiger partial charge >= 0.3 is 0 Å². The molecule has 0 bridgehead atoms. The molecule has 0 saturated carbocycles. The molecule has 3 rings (SSSR count). The van der Waals surface area contributed by atoms with Crippen LogP contribution in [-0.2, 0) is 11.2 Å². The van der Waals surface area contributed by atoms with Gasteiger partial charge in [0.05, 0.1) is 5.41 Å². The summed E-state index contributed by atoms with van der Waals surface area (Å²) in [6.07, 6.45) is 3.75. The Morgan fingerprint density at radius 2 is 2.21 bits per heavy atom. The molecule has 1 aliphatic rings. The highest BCUT2D eigenvalue weighted by Crippen LogP contribution is 2.41. The molecule has 1 aliphatic heterocycles. The van der Waals surface area contributed by atoms with Gasteiger partial charge in [-0.2, -0.15) is 0 Å². The second-order valence-corrected chi connectivity index (χ2v) is 6.42. The number of carbonyl (C=O) groups is 1. The molecule has 100 valence electrons. The third-order valence-corrected chi connectivity index (χ3v) is 4.97. The molecule has 0 aliphatic carbocycles. The summed E-state index contributed by atoms with van der Waals surface area (Å²) in [6, 6.07) is 8.56. The molecule has 0 spiro atoms. The number of rotatable bonds is 2. The average Bonchev–Trinajstić information content (AvgIpc) is 2.87. The number of hydrogen-bond acceptors (Lipinski definition) is 1. The zero-order valence-corrected chi connectivity index (χ0v) is 12.5. The Balaban J connectivity index is 1.95. The average molecular weight is 274 g/mol. The molecule has 2 aromatic rings. The van der Waals surface area contributed by atoms with Crippen LogP contribution in [0, 0.1) is 5.41 Å². The number of hydrogen-bond donors (Lipinski definition) is 1. The second-order valence-electron chi connectivity index (χ2n) is 5.86. The van der Waals surface area contributed by atoms with Gasteiger partial charge in [0.15, 0.2) is 0 Å². The van der Waals surface area contributed by atoms with E-state index in [1.54, 1.807) is 4.67 Å². The van der Waals surface area contributed by atoms with E-state index in [1.165, 1.54) is 10.9 Å². The van der Waals surface area contributed by atoms with Crippen molar-refractivity contribution in [3.8, 4) is 0 Å². The first-order valence-corrected chi connectivity index (χ1v) is 7.16. The van der Waals surface area contributed by atoms with Crippen molar-refractivity contribution in [2.75, 3.05) is 0 Å². The summed E-state index contributed by atoms with van der Waals surface area (Å²) in [5.74, 6) is 0.232. The van der Waals surface area contributed by atoms with E-state index in [-0.39, 0.29) is 11.3 Å². The van der Waals surface area contributed by atoms with Gasteiger partial charge in [0.2, 0.25) is 5.91 Å². The minimum absolute atomic E-state index is 0.232. The summed E-state index contributed by atoms with van der Waals surface area (Å²) in [5.41, 5.74) is 2.09. The lowest BCUT2D eigenvalue weighted by atomic mass is 9.81. The molecule has 4 heteroatoms. The van der Waals surface area contributed by atoms with Gasteiger partial charge in [0.1, 0.15) is 0 Å². The molecule has 1 aromatic carbocycles. The summed E-state index contributed by atoms with van der Waals surface area (Å²) < 4.78 is 1.80. The lowest BCUT2D eigenvalue weighted by Gasteiger charge is -2.21. The third-order valence-electron chi connectivity index (χ3n) is 4.23. The SMILES string of the molecule is CC1CC(C)(Cc2c[nH]c3ccccc23)C(=O)N1P. The summed E-state index contributed by atoms with van der Waals surface area (Å²) >= 11 is 0. The third kappa shape index (κ3) is 1.97. The molecule has 0 radical (unpaired) electrons. The second kappa shape index (κ2) is 4.35. The van der Waals surface area contributed by atoms with Gasteiger partial charge in [-0.05, 0) is 40.8 Å². The van der Waals surface area contributed by atoms with Crippen LogP contribution < -0.4 is 0 Å². The first kappa shape index (κ1) is 12.7. The molecule has 19 heavy (non-hydrogen) atoms. The number of carbonyl (C=O) groups excluding carboxylic acids is 1. The van der Waals surface area contributed by atoms with Gasteiger partial charge in [-0.3, -0.25) is 4.79 Å². The van der Waals surface area contributed by atoms with Gasteiger partial charge < -0.3 is 9.65 Å². The molecule has 1 aromatic heterocycles. The van der Waals surface area contributed by atoms with Crippen LogP contribution in [0.15, 0.2) is 30.5 Å². The van der Waals surface area contributed by atoms with Gasteiger partial charge in [0, 0.05) is 23.1 Å². The maximum atomic E-state index is 12.4.